The van der Waals surface area contributed by atoms with Gasteiger partial charge in [-0.25, -0.2) is 0 Å². The Labute approximate surface area is 369 Å². The summed E-state index contributed by atoms with van der Waals surface area (Å²) in [4.78, 5) is 6.59. The van der Waals surface area contributed by atoms with E-state index in [4.69, 9.17) is 0 Å². The van der Waals surface area contributed by atoms with E-state index in [1.54, 1.807) is 0 Å². The first kappa shape index (κ1) is 37.5. The standard InChI is InChI=1S/C57H50BN3S/c1-55(2,3)35-26-30-44-41(32-35)42-33-36(56(4,5)6)27-31-45(42)60(44)39-28-29-43-48(34-39)59(37-18-11-9-12-19-37)46-23-17-24-47-51(46)58(43)53-52(61(47)38-20-13-10-14-21-38)50-40-22-15-16-25-49(40)62-54(50)57(53,7)8/h9-34H,1-8H3. The molecule has 0 atom stereocenters. The van der Waals surface area contributed by atoms with Crippen LogP contribution in [0.25, 0.3) is 43.3 Å². The molecule has 3 nitrogen and oxygen atoms in total. The number of benzene rings is 7. The fraction of sp³-hybridized carbons (Fsp3) is 0.193. The molecule has 0 radical (unpaired) electrons. The van der Waals surface area contributed by atoms with Crippen LogP contribution < -0.4 is 20.7 Å². The van der Waals surface area contributed by atoms with Crippen molar-refractivity contribution in [3.63, 3.8) is 0 Å². The van der Waals surface area contributed by atoms with E-state index in [9.17, 15) is 0 Å². The minimum Gasteiger partial charge on any atom is -0.311 e. The molecule has 3 aliphatic rings. The Balaban J connectivity index is 1.17. The van der Waals surface area contributed by atoms with Gasteiger partial charge in [-0.15, -0.1) is 11.3 Å². The number of fused-ring (bicyclic) bond motifs is 10. The number of hydrogen-bond donors (Lipinski definition) is 0. The van der Waals surface area contributed by atoms with Crippen molar-refractivity contribution < 1.29 is 0 Å². The molecule has 62 heavy (non-hydrogen) atoms. The molecule has 1 aliphatic carbocycles. The van der Waals surface area contributed by atoms with E-state index in [1.165, 1.54) is 104 Å². The second kappa shape index (κ2) is 12.9. The van der Waals surface area contributed by atoms with E-state index in [-0.39, 0.29) is 23.0 Å². The van der Waals surface area contributed by atoms with Crippen LogP contribution in [0.5, 0.6) is 0 Å². The van der Waals surface area contributed by atoms with Gasteiger partial charge in [-0.3, -0.25) is 0 Å². The summed E-state index contributed by atoms with van der Waals surface area (Å²) in [5.41, 5.74) is 19.2. The van der Waals surface area contributed by atoms with Crippen molar-refractivity contribution >= 4 is 95.0 Å². The fourth-order valence-corrected chi connectivity index (χ4v) is 12.3. The summed E-state index contributed by atoms with van der Waals surface area (Å²) in [6.07, 6.45) is 0. The van der Waals surface area contributed by atoms with Gasteiger partial charge in [-0.2, -0.15) is 0 Å². The van der Waals surface area contributed by atoms with E-state index in [1.807, 2.05) is 11.3 Å². The van der Waals surface area contributed by atoms with Gasteiger partial charge in [0, 0.05) is 76.5 Å². The molecule has 0 spiro atoms. The third-order valence-electron chi connectivity index (χ3n) is 14.0. The second-order valence-electron chi connectivity index (χ2n) is 20.2. The minimum atomic E-state index is -0.218. The Hall–Kier alpha value is -6.30. The lowest BCUT2D eigenvalue weighted by atomic mass is 9.30. The van der Waals surface area contributed by atoms with Crippen LogP contribution in [0.4, 0.5) is 28.4 Å². The number of hydrogen-bond acceptors (Lipinski definition) is 3. The Kier molecular flexibility index (Phi) is 7.78. The zero-order chi connectivity index (χ0) is 42.4. The van der Waals surface area contributed by atoms with Gasteiger partial charge in [-0.05, 0) is 112 Å². The lowest BCUT2D eigenvalue weighted by Gasteiger charge is -2.46. The van der Waals surface area contributed by atoms with Gasteiger partial charge in [0.05, 0.1) is 11.0 Å². The summed E-state index contributed by atoms with van der Waals surface area (Å²) in [7, 11) is 0. The predicted octanol–water partition coefficient (Wildman–Crippen LogP) is 14.4. The molecule has 4 heterocycles. The lowest BCUT2D eigenvalue weighted by Crippen LogP contribution is -2.57. The van der Waals surface area contributed by atoms with Crippen molar-refractivity contribution in [2.75, 3.05) is 9.80 Å². The van der Waals surface area contributed by atoms with Gasteiger partial charge in [0.2, 0.25) is 6.71 Å². The Morgan fingerprint density at radius 1 is 0.500 bits per heavy atom. The third kappa shape index (κ3) is 5.18. The summed E-state index contributed by atoms with van der Waals surface area (Å²) in [6, 6.07) is 59.8. The van der Waals surface area contributed by atoms with Crippen LogP contribution in [-0.4, -0.2) is 11.3 Å². The molecular weight excluding hydrogens is 770 g/mol. The molecule has 0 saturated carbocycles. The van der Waals surface area contributed by atoms with Gasteiger partial charge < -0.3 is 14.4 Å². The van der Waals surface area contributed by atoms with E-state index < -0.39 is 0 Å². The Bertz CT molecular complexity index is 3280. The Morgan fingerprint density at radius 2 is 1.06 bits per heavy atom. The summed E-state index contributed by atoms with van der Waals surface area (Å²) in [5.74, 6) is 0. The lowest BCUT2D eigenvalue weighted by molar-refractivity contribution is 0.590. The van der Waals surface area contributed by atoms with Crippen molar-refractivity contribution in [2.45, 2.75) is 71.6 Å². The molecule has 7 aromatic carbocycles. The van der Waals surface area contributed by atoms with Crippen molar-refractivity contribution in [3.8, 4) is 5.69 Å². The second-order valence-corrected chi connectivity index (χ2v) is 21.3. The van der Waals surface area contributed by atoms with Gasteiger partial charge in [-0.1, -0.05) is 140 Å². The first-order valence-corrected chi connectivity index (χ1v) is 23.0. The normalized spacial score (nSPS) is 15.4. The predicted molar refractivity (Wildman–Crippen MR) is 268 cm³/mol. The van der Waals surface area contributed by atoms with Crippen molar-refractivity contribution in [1.82, 2.24) is 4.57 Å². The smallest absolute Gasteiger partial charge is 0.248 e. The SMILES string of the molecule is CC(C)(C)c1ccc2c(c1)c1cc(C(C)(C)C)ccc1n2-c1ccc2c(c1)N(c1ccccc1)c1cccc3c1B2C1=C(c2c(sc4ccccc24)C1(C)C)N3c1ccccc1. The van der Waals surface area contributed by atoms with E-state index in [0.717, 1.165) is 5.69 Å². The highest BCUT2D eigenvalue weighted by molar-refractivity contribution is 7.20. The number of allylic oxidation sites excluding steroid dienone is 1. The molecule has 2 aliphatic heterocycles. The first-order chi connectivity index (χ1) is 29.8. The summed E-state index contributed by atoms with van der Waals surface area (Å²) in [6.45, 7) is 18.9. The average molecular weight is 820 g/mol. The largest absolute Gasteiger partial charge is 0.311 e. The molecule has 2 aromatic heterocycles. The van der Waals surface area contributed by atoms with Crippen LogP contribution in [0.3, 0.4) is 0 Å². The third-order valence-corrected chi connectivity index (χ3v) is 15.5. The minimum absolute atomic E-state index is 0.0335. The van der Waals surface area contributed by atoms with Gasteiger partial charge >= 0.3 is 0 Å². The fourth-order valence-electron chi connectivity index (χ4n) is 11.0. The maximum Gasteiger partial charge on any atom is 0.248 e. The molecule has 12 rings (SSSR count). The number of aromatic nitrogens is 1. The molecular formula is C57H50BN3S. The van der Waals surface area contributed by atoms with Crippen LogP contribution in [0.2, 0.25) is 0 Å². The highest BCUT2D eigenvalue weighted by Gasteiger charge is 2.54. The Morgan fingerprint density at radius 3 is 1.68 bits per heavy atom. The molecule has 5 heteroatoms. The molecule has 0 saturated heterocycles. The molecule has 0 unspecified atom stereocenters. The zero-order valence-electron chi connectivity index (χ0n) is 36.8. The van der Waals surface area contributed by atoms with Crippen molar-refractivity contribution in [2.24, 2.45) is 0 Å². The van der Waals surface area contributed by atoms with E-state index in [0.29, 0.717) is 0 Å². The molecule has 0 fully saturated rings. The van der Waals surface area contributed by atoms with Crippen LogP contribution in [-0.2, 0) is 16.2 Å². The van der Waals surface area contributed by atoms with Crippen LogP contribution in [0.15, 0.2) is 163 Å². The highest BCUT2D eigenvalue weighted by Crippen LogP contribution is 2.59. The maximum atomic E-state index is 2.59. The van der Waals surface area contributed by atoms with Gasteiger partial charge in [0.1, 0.15) is 0 Å². The highest BCUT2D eigenvalue weighted by atomic mass is 32.1. The summed E-state index contributed by atoms with van der Waals surface area (Å²) in [5, 5.41) is 3.96. The number of anilines is 5. The zero-order valence-corrected chi connectivity index (χ0v) is 37.7. The first-order valence-electron chi connectivity index (χ1n) is 22.1. The average Bonchev–Trinajstić information content (AvgIpc) is 3.89. The van der Waals surface area contributed by atoms with E-state index >= 15 is 0 Å². The van der Waals surface area contributed by atoms with Gasteiger partial charge in [0.15, 0.2) is 0 Å². The van der Waals surface area contributed by atoms with Crippen LogP contribution >= 0.6 is 11.3 Å². The molecule has 0 bridgehead atoms. The molecule has 0 amide bonds. The number of nitrogens with zero attached hydrogens (tertiary/aromatic N) is 3. The van der Waals surface area contributed by atoms with Crippen molar-refractivity contribution in [3.05, 3.63) is 185 Å². The van der Waals surface area contributed by atoms with Crippen LogP contribution in [0.1, 0.15) is 77.0 Å². The summed E-state index contributed by atoms with van der Waals surface area (Å²) >= 11 is 1.97. The number of para-hydroxylation sites is 2. The molecule has 0 N–H and O–H groups in total. The van der Waals surface area contributed by atoms with Crippen molar-refractivity contribution in [1.29, 1.82) is 0 Å². The van der Waals surface area contributed by atoms with Crippen LogP contribution in [0, 0.1) is 0 Å². The monoisotopic (exact) mass is 819 g/mol. The molecule has 9 aromatic rings. The van der Waals surface area contributed by atoms with E-state index in [2.05, 4.69) is 227 Å². The summed E-state index contributed by atoms with van der Waals surface area (Å²) < 4.78 is 3.87. The van der Waals surface area contributed by atoms with Gasteiger partial charge in [0.25, 0.3) is 0 Å². The quantitative estimate of drug-likeness (QED) is 0.165. The number of rotatable bonds is 3. The molecule has 302 valence electrons. The topological polar surface area (TPSA) is 11.4 Å². The maximum absolute atomic E-state index is 2.59. The number of thiophene rings is 1.